The van der Waals surface area contributed by atoms with Crippen LogP contribution in [0.5, 0.6) is 17.2 Å². The number of carbonyl (C=O) groups excluding carboxylic acids is 3. The molecule has 2 aromatic carbocycles. The summed E-state index contributed by atoms with van der Waals surface area (Å²) in [6, 6.07) is 4.82. The van der Waals surface area contributed by atoms with Gasteiger partial charge in [-0.3, -0.25) is 9.59 Å². The van der Waals surface area contributed by atoms with Crippen LogP contribution in [0.4, 0.5) is 0 Å². The number of ketones is 2. The second kappa shape index (κ2) is 20.9. The first-order valence-corrected chi connectivity index (χ1v) is 16.7. The van der Waals surface area contributed by atoms with Crippen molar-refractivity contribution < 1.29 is 58.9 Å². The van der Waals surface area contributed by atoms with Crippen LogP contribution in [-0.4, -0.2) is 115 Å². The minimum atomic E-state index is -0.799. The summed E-state index contributed by atoms with van der Waals surface area (Å²) in [4.78, 5) is 35.1. The second-order valence-electron chi connectivity index (χ2n) is 11.5. The lowest BCUT2D eigenvalue weighted by Crippen LogP contribution is -2.49. The number of carbonyl (C=O) groups is 3. The van der Waals surface area contributed by atoms with Crippen molar-refractivity contribution in [1.82, 2.24) is 5.32 Å². The number of aliphatic hydroxyl groups excluding tert-OH is 3. The summed E-state index contributed by atoms with van der Waals surface area (Å²) < 4.78 is 20.9. The van der Waals surface area contributed by atoms with Gasteiger partial charge in [-0.15, -0.1) is 0 Å². The summed E-state index contributed by atoms with van der Waals surface area (Å²) in [5.74, 6) is -1.76. The lowest BCUT2D eigenvalue weighted by Gasteiger charge is -2.32. The summed E-state index contributed by atoms with van der Waals surface area (Å²) in [5.41, 5.74) is 0.105. The predicted octanol–water partition coefficient (Wildman–Crippen LogP) is 3.01. The molecule has 2 saturated heterocycles. The normalized spacial score (nSPS) is 23.5. The van der Waals surface area contributed by atoms with Crippen LogP contribution in [0.25, 0.3) is 0 Å². The maximum atomic E-state index is 13.2. The standard InChI is InChI=1S/C20H18O7.C7H15NO2.C5H10O.C2H4O2.C2H6/c1-26-11-5-3-4-9-13(11)19(24)16-15(17(9)22)18(23)10-6-8(21)7-12(27-2)14(10)20(16)25;1-5-7(9)6(8-2)3-4-10-5;1-2-4-6-5-3-1;3-1-2-4;1-2/h3-5,8,12,21,23,25H,6-7H2,1-2H3;5-9H,3-4H2,1-2H3;1-5H2;1,4H,2H2;1-2H3. The number of nitrogens with one attached hydrogen (secondary N) is 1. The number of phenols is 2. The van der Waals surface area contributed by atoms with Crippen LogP contribution in [-0.2, 0) is 25.4 Å². The molecule has 6 rings (SSSR count). The number of methoxy groups -OCH3 is 2. The molecule has 13 nitrogen and oxygen atoms in total. The van der Waals surface area contributed by atoms with Gasteiger partial charge in [-0.2, -0.15) is 0 Å². The molecule has 0 radical (unpaired) electrons. The summed E-state index contributed by atoms with van der Waals surface area (Å²) in [5, 5.41) is 51.8. The Labute approximate surface area is 288 Å². The average molecular weight is 692 g/mol. The summed E-state index contributed by atoms with van der Waals surface area (Å²) >= 11 is 0. The Morgan fingerprint density at radius 2 is 1.59 bits per heavy atom. The van der Waals surface area contributed by atoms with E-state index >= 15 is 0 Å². The number of phenolic OH excluding ortho intramolecular Hbond substituents is 2. The molecule has 2 aromatic rings. The van der Waals surface area contributed by atoms with Crippen LogP contribution >= 0.6 is 0 Å². The van der Waals surface area contributed by atoms with E-state index in [0.29, 0.717) is 6.29 Å². The third kappa shape index (κ3) is 10.1. The van der Waals surface area contributed by atoms with E-state index in [0.717, 1.165) is 26.2 Å². The van der Waals surface area contributed by atoms with Crippen molar-refractivity contribution in [2.75, 3.05) is 47.7 Å². The summed E-state index contributed by atoms with van der Waals surface area (Å²) in [6.45, 7) is 8.29. The Morgan fingerprint density at radius 3 is 2.08 bits per heavy atom. The van der Waals surface area contributed by atoms with Gasteiger partial charge in [0.25, 0.3) is 0 Å². The monoisotopic (exact) mass is 691 g/mol. The summed E-state index contributed by atoms with van der Waals surface area (Å²) in [7, 11) is 4.66. The molecule has 0 aromatic heterocycles. The quantitative estimate of drug-likeness (QED) is 0.172. The van der Waals surface area contributed by atoms with Gasteiger partial charge in [-0.05, 0) is 45.7 Å². The van der Waals surface area contributed by atoms with Crippen LogP contribution in [0.15, 0.2) is 18.2 Å². The number of fused-ring (bicyclic) bond motifs is 3. The largest absolute Gasteiger partial charge is 0.507 e. The molecule has 5 unspecified atom stereocenters. The Morgan fingerprint density at radius 1 is 0.959 bits per heavy atom. The van der Waals surface area contributed by atoms with Gasteiger partial charge < -0.3 is 54.6 Å². The van der Waals surface area contributed by atoms with E-state index in [1.54, 1.807) is 12.1 Å². The zero-order chi connectivity index (χ0) is 36.7. The minimum absolute atomic E-state index is 0.0220. The maximum absolute atomic E-state index is 13.2. The lowest BCUT2D eigenvalue weighted by atomic mass is 9.76. The van der Waals surface area contributed by atoms with Gasteiger partial charge >= 0.3 is 0 Å². The zero-order valence-corrected chi connectivity index (χ0v) is 29.4. The molecule has 6 N–H and O–H groups in total. The fourth-order valence-corrected chi connectivity index (χ4v) is 6.05. The Kier molecular flexibility index (Phi) is 17.8. The molecule has 0 spiro atoms. The highest BCUT2D eigenvalue weighted by atomic mass is 16.5. The Hall–Kier alpha value is -3.43. The fraction of sp³-hybridized carbons (Fsp3) is 0.583. The number of ether oxygens (including phenoxy) is 4. The van der Waals surface area contributed by atoms with Gasteiger partial charge in [0, 0.05) is 62.5 Å². The van der Waals surface area contributed by atoms with Gasteiger partial charge in [0.1, 0.15) is 23.5 Å². The minimum Gasteiger partial charge on any atom is -0.507 e. The molecular weight excluding hydrogens is 638 g/mol. The van der Waals surface area contributed by atoms with Crippen LogP contribution in [0.2, 0.25) is 0 Å². The molecule has 0 bridgehead atoms. The van der Waals surface area contributed by atoms with Crippen LogP contribution < -0.4 is 10.1 Å². The van der Waals surface area contributed by atoms with Gasteiger partial charge in [0.15, 0.2) is 5.78 Å². The molecule has 49 heavy (non-hydrogen) atoms. The van der Waals surface area contributed by atoms with Crippen molar-refractivity contribution in [3.63, 3.8) is 0 Å². The third-order valence-corrected chi connectivity index (χ3v) is 8.52. The first-order valence-electron chi connectivity index (χ1n) is 16.7. The van der Waals surface area contributed by atoms with Gasteiger partial charge in [-0.1, -0.05) is 26.0 Å². The van der Waals surface area contributed by atoms with Crippen molar-refractivity contribution in [2.24, 2.45) is 0 Å². The first-order chi connectivity index (χ1) is 23.6. The van der Waals surface area contributed by atoms with Gasteiger partial charge in [0.2, 0.25) is 5.78 Å². The summed E-state index contributed by atoms with van der Waals surface area (Å²) in [6.07, 6.45) is 3.65. The van der Waals surface area contributed by atoms with E-state index in [4.69, 9.17) is 28.8 Å². The highest BCUT2D eigenvalue weighted by Crippen LogP contribution is 2.49. The molecule has 2 aliphatic heterocycles. The van der Waals surface area contributed by atoms with E-state index in [2.05, 4.69) is 5.32 Å². The third-order valence-electron chi connectivity index (χ3n) is 8.52. The predicted molar refractivity (Wildman–Crippen MR) is 182 cm³/mol. The van der Waals surface area contributed by atoms with Crippen molar-refractivity contribution in [3.05, 3.63) is 51.6 Å². The Balaban J connectivity index is 0.000000308. The van der Waals surface area contributed by atoms with Crippen molar-refractivity contribution in [1.29, 1.82) is 0 Å². The molecule has 5 atom stereocenters. The van der Waals surface area contributed by atoms with E-state index in [9.17, 15) is 30.0 Å². The SMILES string of the molecule is C1CCOCC1.CC.CNC1CCOC(C)C1O.COc1cccc2c1C(=O)c1c(O)c3c(c(O)c1C2=O)CC(O)CC3OC.O=CCO. The van der Waals surface area contributed by atoms with Crippen LogP contribution in [0, 0.1) is 0 Å². The molecule has 13 heteroatoms. The molecule has 2 aliphatic carbocycles. The molecule has 4 aliphatic rings. The van der Waals surface area contributed by atoms with Gasteiger partial charge in [-0.25, -0.2) is 0 Å². The van der Waals surface area contributed by atoms with E-state index in [1.165, 1.54) is 39.5 Å². The number of likely N-dealkylation sites (N-methyl/N-ethyl adjacent to an activating group) is 1. The number of aromatic hydroxyl groups is 2. The van der Waals surface area contributed by atoms with Crippen LogP contribution in [0.1, 0.15) is 102 Å². The average Bonchev–Trinajstić information content (AvgIpc) is 3.14. The number of benzene rings is 2. The van der Waals surface area contributed by atoms with Crippen molar-refractivity contribution in [2.45, 2.75) is 89.8 Å². The van der Waals surface area contributed by atoms with Gasteiger partial charge in [0.05, 0.1) is 54.8 Å². The number of hydrogen-bond acceptors (Lipinski definition) is 13. The van der Waals surface area contributed by atoms with E-state index < -0.39 is 35.3 Å². The molecule has 2 fully saturated rings. The highest BCUT2D eigenvalue weighted by Gasteiger charge is 2.42. The molecule has 0 amide bonds. The Bertz CT molecular complexity index is 1370. The molecule has 2 heterocycles. The number of aldehydes is 1. The van der Waals surface area contributed by atoms with Crippen LogP contribution in [0.3, 0.4) is 0 Å². The lowest BCUT2D eigenvalue weighted by molar-refractivity contribution is -0.110. The van der Waals surface area contributed by atoms with E-state index in [-0.39, 0.29) is 76.8 Å². The number of rotatable bonds is 4. The first kappa shape index (κ1) is 41.7. The molecular formula is C36H53NO12. The highest BCUT2D eigenvalue weighted by molar-refractivity contribution is 6.31. The van der Waals surface area contributed by atoms with Crippen molar-refractivity contribution >= 4 is 17.9 Å². The van der Waals surface area contributed by atoms with Crippen molar-refractivity contribution in [3.8, 4) is 17.2 Å². The fourth-order valence-electron chi connectivity index (χ4n) is 6.05. The topological polar surface area (TPSA) is 201 Å². The maximum Gasteiger partial charge on any atom is 0.202 e. The van der Waals surface area contributed by atoms with E-state index in [1.807, 2.05) is 27.8 Å². The second-order valence-corrected chi connectivity index (χ2v) is 11.5. The number of aliphatic hydroxyl groups is 3. The number of hydrogen-bond donors (Lipinski definition) is 6. The zero-order valence-electron chi connectivity index (χ0n) is 29.4. The molecule has 274 valence electrons. The molecule has 0 saturated carbocycles. The smallest absolute Gasteiger partial charge is 0.202 e.